The summed E-state index contributed by atoms with van der Waals surface area (Å²) in [6, 6.07) is 0. The van der Waals surface area contributed by atoms with Crippen molar-refractivity contribution in [1.29, 1.82) is 0 Å². The SMILES string of the molecule is CC(=O)CC1(N)CCCNCC1. The van der Waals surface area contributed by atoms with Gasteiger partial charge in [-0.05, 0) is 39.3 Å². The molecule has 3 N–H and O–H groups in total. The molecule has 70 valence electrons. The number of carbonyl (C=O) groups excluding carboxylic acids is 1. The first-order valence-corrected chi connectivity index (χ1v) is 4.61. The van der Waals surface area contributed by atoms with Crippen LogP contribution >= 0.6 is 0 Å². The van der Waals surface area contributed by atoms with Gasteiger partial charge in [0, 0.05) is 12.0 Å². The van der Waals surface area contributed by atoms with Gasteiger partial charge in [0.2, 0.25) is 0 Å². The van der Waals surface area contributed by atoms with Gasteiger partial charge in [0.1, 0.15) is 5.78 Å². The average Bonchev–Trinajstić information content (AvgIpc) is 2.12. The number of carbonyl (C=O) groups is 1. The van der Waals surface area contributed by atoms with Crippen molar-refractivity contribution in [2.24, 2.45) is 5.73 Å². The van der Waals surface area contributed by atoms with Crippen molar-refractivity contribution >= 4 is 5.78 Å². The summed E-state index contributed by atoms with van der Waals surface area (Å²) in [7, 11) is 0. The molecule has 3 heteroatoms. The van der Waals surface area contributed by atoms with Gasteiger partial charge in [-0.15, -0.1) is 0 Å². The van der Waals surface area contributed by atoms with Crippen molar-refractivity contribution < 1.29 is 4.79 Å². The lowest BCUT2D eigenvalue weighted by molar-refractivity contribution is -0.118. The second-order valence-corrected chi connectivity index (χ2v) is 3.84. The molecule has 3 nitrogen and oxygen atoms in total. The van der Waals surface area contributed by atoms with Gasteiger partial charge in [0.15, 0.2) is 0 Å². The molecule has 1 heterocycles. The normalized spacial score (nSPS) is 31.2. The number of hydrogen-bond acceptors (Lipinski definition) is 3. The van der Waals surface area contributed by atoms with Gasteiger partial charge >= 0.3 is 0 Å². The van der Waals surface area contributed by atoms with Crippen LogP contribution in [0.15, 0.2) is 0 Å². The molecule has 0 aromatic carbocycles. The molecule has 0 aliphatic carbocycles. The van der Waals surface area contributed by atoms with Gasteiger partial charge in [-0.3, -0.25) is 4.79 Å². The molecule has 0 aromatic heterocycles. The Morgan fingerprint density at radius 2 is 2.25 bits per heavy atom. The third-order valence-electron chi connectivity index (χ3n) is 2.43. The highest BCUT2D eigenvalue weighted by molar-refractivity contribution is 5.76. The predicted octanol–water partition coefficient (Wildman–Crippen LogP) is 0.436. The lowest BCUT2D eigenvalue weighted by Gasteiger charge is -2.26. The Hall–Kier alpha value is -0.410. The van der Waals surface area contributed by atoms with Crippen LogP contribution in [0.5, 0.6) is 0 Å². The highest BCUT2D eigenvalue weighted by Gasteiger charge is 2.27. The Morgan fingerprint density at radius 1 is 1.50 bits per heavy atom. The Bertz CT molecular complexity index is 160. The molecule has 1 atom stereocenters. The Balaban J connectivity index is 2.48. The topological polar surface area (TPSA) is 55.1 Å². The maximum absolute atomic E-state index is 10.9. The molecule has 0 saturated carbocycles. The van der Waals surface area contributed by atoms with Crippen molar-refractivity contribution in [2.75, 3.05) is 13.1 Å². The Morgan fingerprint density at radius 3 is 2.92 bits per heavy atom. The van der Waals surface area contributed by atoms with Gasteiger partial charge in [0.25, 0.3) is 0 Å². The van der Waals surface area contributed by atoms with E-state index in [0.29, 0.717) is 6.42 Å². The Labute approximate surface area is 73.7 Å². The monoisotopic (exact) mass is 170 g/mol. The molecule has 1 aliphatic heterocycles. The summed E-state index contributed by atoms with van der Waals surface area (Å²) in [4.78, 5) is 10.9. The van der Waals surface area contributed by atoms with Crippen LogP contribution in [-0.2, 0) is 4.79 Å². The summed E-state index contributed by atoms with van der Waals surface area (Å²) < 4.78 is 0. The largest absolute Gasteiger partial charge is 0.325 e. The van der Waals surface area contributed by atoms with Gasteiger partial charge in [-0.1, -0.05) is 0 Å². The predicted molar refractivity (Wildman–Crippen MR) is 48.9 cm³/mol. The van der Waals surface area contributed by atoms with Gasteiger partial charge in [-0.25, -0.2) is 0 Å². The molecule has 0 aromatic rings. The minimum Gasteiger partial charge on any atom is -0.325 e. The molecule has 1 saturated heterocycles. The molecule has 1 unspecified atom stereocenters. The minimum absolute atomic E-state index is 0.208. The van der Waals surface area contributed by atoms with E-state index in [9.17, 15) is 4.79 Å². The van der Waals surface area contributed by atoms with E-state index >= 15 is 0 Å². The van der Waals surface area contributed by atoms with Crippen LogP contribution < -0.4 is 11.1 Å². The standard InChI is InChI=1S/C9H18N2O/c1-8(12)7-9(10)3-2-5-11-6-4-9/h11H,2-7,10H2,1H3. The molecular weight excluding hydrogens is 152 g/mol. The fourth-order valence-corrected chi connectivity index (χ4v) is 1.83. The van der Waals surface area contributed by atoms with Crippen LogP contribution in [0.4, 0.5) is 0 Å². The minimum atomic E-state index is -0.227. The molecule has 1 fully saturated rings. The first-order chi connectivity index (χ1) is 5.62. The van der Waals surface area contributed by atoms with E-state index in [1.165, 1.54) is 0 Å². The summed E-state index contributed by atoms with van der Waals surface area (Å²) in [6.07, 6.45) is 3.52. The van der Waals surface area contributed by atoms with Crippen LogP contribution in [0.2, 0.25) is 0 Å². The number of nitrogens with two attached hydrogens (primary N) is 1. The number of hydrogen-bond donors (Lipinski definition) is 2. The second kappa shape index (κ2) is 4.01. The van der Waals surface area contributed by atoms with Crippen molar-refractivity contribution in [3.8, 4) is 0 Å². The molecule has 0 spiro atoms. The first-order valence-electron chi connectivity index (χ1n) is 4.61. The summed E-state index contributed by atoms with van der Waals surface area (Å²) in [5, 5.41) is 3.28. The fraction of sp³-hybridized carbons (Fsp3) is 0.889. The zero-order valence-corrected chi connectivity index (χ0v) is 7.73. The smallest absolute Gasteiger partial charge is 0.131 e. The zero-order valence-electron chi connectivity index (χ0n) is 7.73. The maximum atomic E-state index is 10.9. The Kier molecular flexibility index (Phi) is 3.23. The third kappa shape index (κ3) is 2.91. The van der Waals surface area contributed by atoms with Gasteiger partial charge < -0.3 is 11.1 Å². The van der Waals surface area contributed by atoms with Gasteiger partial charge in [0.05, 0.1) is 0 Å². The van der Waals surface area contributed by atoms with Crippen LogP contribution in [-0.4, -0.2) is 24.4 Å². The lowest BCUT2D eigenvalue weighted by atomic mass is 9.87. The third-order valence-corrected chi connectivity index (χ3v) is 2.43. The summed E-state index contributed by atoms with van der Waals surface area (Å²) in [5.74, 6) is 0.208. The summed E-state index contributed by atoms with van der Waals surface area (Å²) in [6.45, 7) is 3.60. The fourth-order valence-electron chi connectivity index (χ4n) is 1.83. The van der Waals surface area contributed by atoms with E-state index in [1.54, 1.807) is 6.92 Å². The molecular formula is C9H18N2O. The van der Waals surface area contributed by atoms with E-state index in [4.69, 9.17) is 5.73 Å². The van der Waals surface area contributed by atoms with Gasteiger partial charge in [-0.2, -0.15) is 0 Å². The quantitative estimate of drug-likeness (QED) is 0.632. The van der Waals surface area contributed by atoms with E-state index in [0.717, 1.165) is 32.4 Å². The van der Waals surface area contributed by atoms with Crippen molar-refractivity contribution in [3.05, 3.63) is 0 Å². The molecule has 0 bridgehead atoms. The van der Waals surface area contributed by atoms with E-state index in [1.807, 2.05) is 0 Å². The molecule has 12 heavy (non-hydrogen) atoms. The molecule has 1 aliphatic rings. The number of nitrogens with one attached hydrogen (secondary N) is 1. The zero-order chi connectivity index (χ0) is 9.03. The average molecular weight is 170 g/mol. The van der Waals surface area contributed by atoms with Crippen LogP contribution in [0.3, 0.4) is 0 Å². The van der Waals surface area contributed by atoms with Crippen molar-refractivity contribution in [3.63, 3.8) is 0 Å². The molecule has 0 amide bonds. The lowest BCUT2D eigenvalue weighted by Crippen LogP contribution is -2.42. The molecule has 0 radical (unpaired) electrons. The van der Waals surface area contributed by atoms with Crippen LogP contribution in [0, 0.1) is 0 Å². The van der Waals surface area contributed by atoms with Crippen molar-refractivity contribution in [1.82, 2.24) is 5.32 Å². The highest BCUT2D eigenvalue weighted by Crippen LogP contribution is 2.20. The summed E-state index contributed by atoms with van der Waals surface area (Å²) >= 11 is 0. The second-order valence-electron chi connectivity index (χ2n) is 3.84. The number of Topliss-reactive ketones (excluding diaryl/α,β-unsaturated/α-hetero) is 1. The number of rotatable bonds is 2. The van der Waals surface area contributed by atoms with Crippen molar-refractivity contribution in [2.45, 2.75) is 38.1 Å². The van der Waals surface area contributed by atoms with E-state index < -0.39 is 0 Å². The van der Waals surface area contributed by atoms with E-state index in [-0.39, 0.29) is 11.3 Å². The van der Waals surface area contributed by atoms with Crippen LogP contribution in [0.1, 0.15) is 32.6 Å². The van der Waals surface area contributed by atoms with E-state index in [2.05, 4.69) is 5.32 Å². The highest BCUT2D eigenvalue weighted by atomic mass is 16.1. The summed E-state index contributed by atoms with van der Waals surface area (Å²) in [5.41, 5.74) is 5.87. The maximum Gasteiger partial charge on any atom is 0.131 e. The van der Waals surface area contributed by atoms with Crippen LogP contribution in [0.25, 0.3) is 0 Å². The number of ketones is 1. The first kappa shape index (κ1) is 9.68. The molecule has 1 rings (SSSR count).